The third kappa shape index (κ3) is 3.21. The molecule has 10 heteroatoms. The Balaban J connectivity index is 1.89. The second kappa shape index (κ2) is 6.66. The summed E-state index contributed by atoms with van der Waals surface area (Å²) < 4.78 is 14.9. The molecule has 0 saturated heterocycles. The van der Waals surface area contributed by atoms with Gasteiger partial charge in [-0.2, -0.15) is 9.07 Å². The molecular weight excluding hydrogens is 366 g/mol. The van der Waals surface area contributed by atoms with Crippen molar-refractivity contribution in [1.82, 2.24) is 25.2 Å². The Morgan fingerprint density at radius 3 is 2.74 bits per heavy atom. The monoisotopic (exact) mass is 372 g/mol. The topological polar surface area (TPSA) is 68.5 Å². The average molecular weight is 374 g/mol. The van der Waals surface area contributed by atoms with Gasteiger partial charge in [0.05, 0.1) is 20.8 Å². The van der Waals surface area contributed by atoms with Gasteiger partial charge in [-0.1, -0.05) is 46.0 Å². The van der Waals surface area contributed by atoms with E-state index in [4.69, 9.17) is 34.8 Å². The van der Waals surface area contributed by atoms with Crippen molar-refractivity contribution in [2.75, 3.05) is 5.32 Å². The lowest BCUT2D eigenvalue weighted by Gasteiger charge is -2.10. The van der Waals surface area contributed by atoms with Crippen molar-refractivity contribution in [2.24, 2.45) is 0 Å². The lowest BCUT2D eigenvalue weighted by atomic mass is 10.3. The summed E-state index contributed by atoms with van der Waals surface area (Å²) in [5.41, 5.74) is 0.822. The highest BCUT2D eigenvalue weighted by molar-refractivity contribution is 6.48. The molecule has 118 valence electrons. The molecule has 2 aromatic heterocycles. The van der Waals surface area contributed by atoms with Crippen molar-refractivity contribution in [3.8, 4) is 5.69 Å². The molecule has 1 aromatic carbocycles. The summed E-state index contributed by atoms with van der Waals surface area (Å²) in [6, 6.07) is 6.45. The maximum absolute atomic E-state index is 13.5. The van der Waals surface area contributed by atoms with E-state index in [2.05, 4.69) is 25.8 Å². The quantitative estimate of drug-likeness (QED) is 0.557. The van der Waals surface area contributed by atoms with Crippen LogP contribution in [0.3, 0.4) is 0 Å². The molecule has 0 aliphatic rings. The number of benzene rings is 1. The Hall–Kier alpha value is -1.96. The number of nitrogens with one attached hydrogen (secondary N) is 1. The lowest BCUT2D eigenvalue weighted by molar-refractivity contribution is 0.569. The van der Waals surface area contributed by atoms with Gasteiger partial charge in [-0.25, -0.2) is 4.98 Å². The predicted octanol–water partition coefficient (Wildman–Crippen LogP) is 3.77. The van der Waals surface area contributed by atoms with Crippen LogP contribution in [0.25, 0.3) is 5.69 Å². The highest BCUT2D eigenvalue weighted by Crippen LogP contribution is 2.34. The number of rotatable bonds is 4. The van der Waals surface area contributed by atoms with E-state index >= 15 is 0 Å². The van der Waals surface area contributed by atoms with Crippen molar-refractivity contribution in [1.29, 1.82) is 0 Å². The van der Waals surface area contributed by atoms with Crippen LogP contribution in [0.1, 0.15) is 5.56 Å². The molecule has 23 heavy (non-hydrogen) atoms. The molecule has 6 nitrogen and oxygen atoms in total. The Morgan fingerprint density at radius 1 is 1.13 bits per heavy atom. The molecule has 0 radical (unpaired) electrons. The number of anilines is 1. The van der Waals surface area contributed by atoms with Gasteiger partial charge < -0.3 is 5.32 Å². The number of pyridine rings is 1. The summed E-state index contributed by atoms with van der Waals surface area (Å²) in [6.45, 7) is 0.152. The average Bonchev–Trinajstić information content (AvgIpc) is 3.00. The molecule has 3 rings (SSSR count). The minimum absolute atomic E-state index is 0.152. The third-order valence-electron chi connectivity index (χ3n) is 2.99. The van der Waals surface area contributed by atoms with E-state index in [1.807, 2.05) is 0 Å². The van der Waals surface area contributed by atoms with E-state index in [0.717, 1.165) is 0 Å². The molecule has 1 N–H and O–H groups in total. The molecule has 0 aliphatic heterocycles. The molecule has 2 heterocycles. The molecule has 0 saturated carbocycles. The molecular formula is C13H8Cl3FN6. The number of hydrogen-bond acceptors (Lipinski definition) is 5. The highest BCUT2D eigenvalue weighted by atomic mass is 35.5. The number of nitrogens with zero attached hydrogens (tertiary/aromatic N) is 5. The second-order valence-corrected chi connectivity index (χ2v) is 5.58. The maximum Gasteiger partial charge on any atom is 0.248 e. The summed E-state index contributed by atoms with van der Waals surface area (Å²) >= 11 is 18.1. The molecule has 0 atom stereocenters. The van der Waals surface area contributed by atoms with Crippen LogP contribution in [0.4, 0.5) is 10.3 Å². The lowest BCUT2D eigenvalue weighted by Crippen LogP contribution is -2.09. The minimum atomic E-state index is -0.563. The normalized spacial score (nSPS) is 10.8. The minimum Gasteiger partial charge on any atom is -0.349 e. The van der Waals surface area contributed by atoms with Crippen LogP contribution in [-0.2, 0) is 6.54 Å². The number of aromatic nitrogens is 5. The summed E-state index contributed by atoms with van der Waals surface area (Å²) in [6.07, 6.45) is 1.37. The van der Waals surface area contributed by atoms with Gasteiger partial charge in [0.2, 0.25) is 11.9 Å². The van der Waals surface area contributed by atoms with Crippen LogP contribution >= 0.6 is 34.8 Å². The van der Waals surface area contributed by atoms with Crippen LogP contribution in [0.5, 0.6) is 0 Å². The first-order valence-corrected chi connectivity index (χ1v) is 7.47. The molecule has 0 bridgehead atoms. The molecule has 0 amide bonds. The van der Waals surface area contributed by atoms with E-state index in [-0.39, 0.29) is 22.5 Å². The van der Waals surface area contributed by atoms with Crippen molar-refractivity contribution >= 4 is 40.8 Å². The summed E-state index contributed by atoms with van der Waals surface area (Å²) in [5, 5.41) is 14.9. The maximum atomic E-state index is 13.5. The third-order valence-corrected chi connectivity index (χ3v) is 4.27. The number of halogens is 4. The van der Waals surface area contributed by atoms with E-state index < -0.39 is 5.95 Å². The van der Waals surface area contributed by atoms with Gasteiger partial charge in [-0.3, -0.25) is 0 Å². The summed E-state index contributed by atoms with van der Waals surface area (Å²) in [7, 11) is 0. The fraction of sp³-hybridized carbons (Fsp3) is 0.0769. The van der Waals surface area contributed by atoms with Crippen molar-refractivity contribution in [3.63, 3.8) is 0 Å². The highest BCUT2D eigenvalue weighted by Gasteiger charge is 2.15. The first kappa shape index (κ1) is 15.9. The zero-order valence-corrected chi connectivity index (χ0v) is 13.6. The van der Waals surface area contributed by atoms with Crippen molar-refractivity contribution in [3.05, 3.63) is 57.0 Å². The van der Waals surface area contributed by atoms with Gasteiger partial charge >= 0.3 is 0 Å². The Bertz CT molecular complexity index is 853. The first-order chi connectivity index (χ1) is 11.1. The largest absolute Gasteiger partial charge is 0.349 e. The van der Waals surface area contributed by atoms with Crippen molar-refractivity contribution < 1.29 is 4.39 Å². The van der Waals surface area contributed by atoms with Gasteiger partial charge in [0.15, 0.2) is 0 Å². The van der Waals surface area contributed by atoms with Gasteiger partial charge in [-0.15, -0.1) is 0 Å². The standard InChI is InChI=1S/C13H8Cl3FN6/c14-8-3-4-9(11(16)10(8)15)23-13(20-21-22-23)19-6-7-2-1-5-18-12(7)17/h1-5H,6H2,(H,19,20,22). The van der Waals surface area contributed by atoms with Crippen LogP contribution < -0.4 is 5.32 Å². The van der Waals surface area contributed by atoms with Gasteiger partial charge in [-0.05, 0) is 28.6 Å². The van der Waals surface area contributed by atoms with Gasteiger partial charge in [0.25, 0.3) is 0 Å². The summed E-state index contributed by atoms with van der Waals surface area (Å²) in [4.78, 5) is 3.58. The Kier molecular flexibility index (Phi) is 4.61. The molecule has 0 spiro atoms. The van der Waals surface area contributed by atoms with Crippen LogP contribution in [0.15, 0.2) is 30.5 Å². The zero-order chi connectivity index (χ0) is 16.4. The summed E-state index contributed by atoms with van der Waals surface area (Å²) in [5.74, 6) is -0.292. The molecule has 3 aromatic rings. The Labute approximate surface area is 145 Å². The SMILES string of the molecule is Fc1ncccc1CNc1nnnn1-c1ccc(Cl)c(Cl)c1Cl. The zero-order valence-electron chi connectivity index (χ0n) is 11.3. The second-order valence-electron chi connectivity index (χ2n) is 4.42. The van der Waals surface area contributed by atoms with E-state index in [1.54, 1.807) is 24.3 Å². The van der Waals surface area contributed by atoms with Crippen LogP contribution in [0.2, 0.25) is 15.1 Å². The predicted molar refractivity (Wildman–Crippen MR) is 85.7 cm³/mol. The fourth-order valence-corrected chi connectivity index (χ4v) is 2.47. The van der Waals surface area contributed by atoms with Crippen LogP contribution in [0, 0.1) is 5.95 Å². The van der Waals surface area contributed by atoms with E-state index in [9.17, 15) is 4.39 Å². The molecule has 0 unspecified atom stereocenters. The van der Waals surface area contributed by atoms with E-state index in [0.29, 0.717) is 16.3 Å². The number of hydrogen-bond donors (Lipinski definition) is 1. The van der Waals surface area contributed by atoms with Crippen molar-refractivity contribution in [2.45, 2.75) is 6.54 Å². The van der Waals surface area contributed by atoms with Gasteiger partial charge in [0.1, 0.15) is 0 Å². The molecule has 0 fully saturated rings. The van der Waals surface area contributed by atoms with E-state index in [1.165, 1.54) is 10.9 Å². The Morgan fingerprint density at radius 2 is 1.96 bits per heavy atom. The molecule has 0 aliphatic carbocycles. The van der Waals surface area contributed by atoms with Crippen LogP contribution in [-0.4, -0.2) is 25.2 Å². The number of tetrazole rings is 1. The fourth-order valence-electron chi connectivity index (χ4n) is 1.86. The first-order valence-electron chi connectivity index (χ1n) is 6.33. The van der Waals surface area contributed by atoms with Gasteiger partial charge in [0, 0.05) is 18.3 Å². The smallest absolute Gasteiger partial charge is 0.248 e.